The van der Waals surface area contributed by atoms with Crippen LogP contribution in [-0.2, 0) is 11.3 Å². The molecule has 3 aliphatic rings. The van der Waals surface area contributed by atoms with E-state index in [9.17, 15) is 9.59 Å². The molecule has 31 heavy (non-hydrogen) atoms. The van der Waals surface area contributed by atoms with Gasteiger partial charge in [-0.15, -0.1) is 0 Å². The number of rotatable bonds is 4. The van der Waals surface area contributed by atoms with Gasteiger partial charge in [0, 0.05) is 46.3 Å². The Hall–Kier alpha value is -2.87. The fraction of sp³-hybridized carbons (Fsp3) is 0.522. The molecule has 0 saturated carbocycles. The Kier molecular flexibility index (Phi) is 5.75. The smallest absolute Gasteiger partial charge is 0.325 e. The summed E-state index contributed by atoms with van der Waals surface area (Å²) >= 11 is 0. The van der Waals surface area contributed by atoms with Gasteiger partial charge in [-0.1, -0.05) is 35.9 Å². The van der Waals surface area contributed by atoms with E-state index in [1.165, 1.54) is 21.6 Å². The summed E-state index contributed by atoms with van der Waals surface area (Å²) in [5.41, 5.74) is 4.94. The maximum atomic E-state index is 12.6. The third kappa shape index (κ3) is 4.17. The molecule has 8 heteroatoms. The molecule has 0 aromatic heterocycles. The van der Waals surface area contributed by atoms with Gasteiger partial charge in [0.25, 0.3) is 5.91 Å². The van der Waals surface area contributed by atoms with Crippen molar-refractivity contribution in [3.63, 3.8) is 0 Å². The van der Waals surface area contributed by atoms with E-state index in [-0.39, 0.29) is 5.91 Å². The molecule has 3 amide bonds. The number of urea groups is 1. The molecule has 4 rings (SSSR count). The van der Waals surface area contributed by atoms with Gasteiger partial charge in [-0.3, -0.25) is 15.0 Å². The number of aliphatic imine (C=N–C) groups is 1. The summed E-state index contributed by atoms with van der Waals surface area (Å²) in [6, 6.07) is 5.71. The molecule has 2 unspecified atom stereocenters. The minimum absolute atomic E-state index is 0.290. The minimum atomic E-state index is -0.512. The van der Waals surface area contributed by atoms with Crippen LogP contribution in [-0.4, -0.2) is 89.5 Å². The zero-order valence-electron chi connectivity index (χ0n) is 18.9. The van der Waals surface area contributed by atoms with Gasteiger partial charge in [0.15, 0.2) is 18.2 Å². The summed E-state index contributed by atoms with van der Waals surface area (Å²) in [6.07, 6.45) is -0.497. The second kappa shape index (κ2) is 8.34. The molecule has 1 N–H and O–H groups in total. The molecule has 3 aliphatic heterocycles. The molecule has 2 saturated heterocycles. The highest BCUT2D eigenvalue weighted by Gasteiger charge is 2.49. The molecule has 8 nitrogen and oxygen atoms in total. The second-order valence-electron chi connectivity index (χ2n) is 8.97. The third-order valence-corrected chi connectivity index (χ3v) is 6.33. The van der Waals surface area contributed by atoms with Crippen LogP contribution in [0, 0.1) is 13.8 Å². The predicted molar refractivity (Wildman–Crippen MR) is 121 cm³/mol. The largest absolute Gasteiger partial charge is 0.340 e. The Morgan fingerprint density at radius 2 is 1.90 bits per heavy atom. The minimum Gasteiger partial charge on any atom is -0.340 e. The van der Waals surface area contributed by atoms with E-state index in [0.717, 1.165) is 44.3 Å². The lowest BCUT2D eigenvalue weighted by molar-refractivity contribution is -0.127. The van der Waals surface area contributed by atoms with Crippen molar-refractivity contribution in [2.75, 3.05) is 39.8 Å². The van der Waals surface area contributed by atoms with Crippen LogP contribution in [0.5, 0.6) is 0 Å². The zero-order chi connectivity index (χ0) is 22.3. The van der Waals surface area contributed by atoms with Crippen LogP contribution in [0.25, 0.3) is 0 Å². The molecule has 0 bridgehead atoms. The summed E-state index contributed by atoms with van der Waals surface area (Å²) in [6.45, 7) is 15.3. The van der Waals surface area contributed by atoms with E-state index in [0.29, 0.717) is 6.54 Å². The standard InChI is InChI=1S/C23H32N6O2/c1-15(2)13-29-19-20(26(5)23(31)25-21(19)30)24-22(29)28-10-8-27(9-11-28)14-18-12-16(3)6-7-17(18)4/h6-7,12,19-20H,1,8-11,13-14H2,2-5H3,(H,25,30,31). The van der Waals surface area contributed by atoms with Gasteiger partial charge < -0.3 is 14.7 Å². The van der Waals surface area contributed by atoms with Crippen molar-refractivity contribution in [3.05, 3.63) is 47.0 Å². The predicted octanol–water partition coefficient (Wildman–Crippen LogP) is 1.55. The molecule has 2 fully saturated rings. The lowest BCUT2D eigenvalue weighted by Crippen LogP contribution is -2.64. The fourth-order valence-corrected chi connectivity index (χ4v) is 4.55. The van der Waals surface area contributed by atoms with Gasteiger partial charge in [-0.25, -0.2) is 9.79 Å². The zero-order valence-corrected chi connectivity index (χ0v) is 18.9. The Labute approximate surface area is 184 Å². The van der Waals surface area contributed by atoms with Crippen molar-refractivity contribution in [3.8, 4) is 0 Å². The normalized spacial score (nSPS) is 24.3. The highest BCUT2D eigenvalue weighted by atomic mass is 16.2. The number of piperazine rings is 1. The van der Waals surface area contributed by atoms with Crippen LogP contribution >= 0.6 is 0 Å². The molecular formula is C23H32N6O2. The van der Waals surface area contributed by atoms with Gasteiger partial charge in [0.1, 0.15) is 0 Å². The van der Waals surface area contributed by atoms with Crippen LogP contribution in [0.2, 0.25) is 0 Å². The second-order valence-corrected chi connectivity index (χ2v) is 8.97. The first-order chi connectivity index (χ1) is 14.7. The highest BCUT2D eigenvalue weighted by Crippen LogP contribution is 2.27. The molecular weight excluding hydrogens is 392 g/mol. The van der Waals surface area contributed by atoms with E-state index >= 15 is 0 Å². The molecule has 3 heterocycles. The van der Waals surface area contributed by atoms with Crippen LogP contribution in [0.1, 0.15) is 23.6 Å². The average molecular weight is 425 g/mol. The topological polar surface area (TPSA) is 71.5 Å². The van der Waals surface area contributed by atoms with Crippen molar-refractivity contribution in [1.29, 1.82) is 0 Å². The number of hydrogen-bond acceptors (Lipinski definition) is 6. The Morgan fingerprint density at radius 3 is 2.58 bits per heavy atom. The van der Waals surface area contributed by atoms with E-state index in [1.807, 2.05) is 11.8 Å². The van der Waals surface area contributed by atoms with Crippen molar-refractivity contribution >= 4 is 17.9 Å². The van der Waals surface area contributed by atoms with Gasteiger partial charge in [0.2, 0.25) is 0 Å². The number of fused-ring (bicyclic) bond motifs is 1. The first-order valence-electron chi connectivity index (χ1n) is 10.8. The number of nitrogens with zero attached hydrogens (tertiary/aromatic N) is 5. The average Bonchev–Trinajstić information content (AvgIpc) is 3.09. The highest BCUT2D eigenvalue weighted by molar-refractivity contribution is 6.03. The quantitative estimate of drug-likeness (QED) is 0.743. The van der Waals surface area contributed by atoms with Crippen molar-refractivity contribution in [2.24, 2.45) is 4.99 Å². The first-order valence-corrected chi connectivity index (χ1v) is 10.8. The number of hydrogen-bond donors (Lipinski definition) is 1. The lowest BCUT2D eigenvalue weighted by atomic mass is 10.0. The lowest BCUT2D eigenvalue weighted by Gasteiger charge is -2.40. The Balaban J connectivity index is 1.48. The Bertz CT molecular complexity index is 934. The SMILES string of the molecule is C=C(C)CN1C(N2CCN(Cc3cc(C)ccc3C)CC2)=NC2C1C(=O)NC(=O)N2C. The summed E-state index contributed by atoms with van der Waals surface area (Å²) in [5, 5.41) is 2.45. The van der Waals surface area contributed by atoms with Gasteiger partial charge in [-0.05, 0) is 31.9 Å². The van der Waals surface area contributed by atoms with Crippen molar-refractivity contribution in [2.45, 2.75) is 39.5 Å². The number of benzene rings is 1. The van der Waals surface area contributed by atoms with Crippen molar-refractivity contribution in [1.82, 2.24) is 24.9 Å². The third-order valence-electron chi connectivity index (χ3n) is 6.33. The number of carbonyl (C=O) groups excluding carboxylic acids is 2. The van der Waals surface area contributed by atoms with Crippen LogP contribution in [0.3, 0.4) is 0 Å². The van der Waals surface area contributed by atoms with Gasteiger partial charge in [-0.2, -0.15) is 0 Å². The molecule has 0 spiro atoms. The molecule has 166 valence electrons. The maximum Gasteiger partial charge on any atom is 0.325 e. The number of aryl methyl sites for hydroxylation is 2. The monoisotopic (exact) mass is 424 g/mol. The molecule has 1 aromatic carbocycles. The molecule has 1 aromatic rings. The number of nitrogens with one attached hydrogen (secondary N) is 1. The van der Waals surface area contributed by atoms with E-state index in [2.05, 4.69) is 53.7 Å². The number of carbonyl (C=O) groups is 2. The summed E-state index contributed by atoms with van der Waals surface area (Å²) in [4.78, 5) is 37.8. The molecule has 0 aliphatic carbocycles. The van der Waals surface area contributed by atoms with E-state index < -0.39 is 18.2 Å². The number of amides is 3. The molecule has 0 radical (unpaired) electrons. The number of likely N-dealkylation sites (N-methyl/N-ethyl adjacent to an activating group) is 1. The van der Waals surface area contributed by atoms with E-state index in [4.69, 9.17) is 4.99 Å². The van der Waals surface area contributed by atoms with Crippen LogP contribution in [0.15, 0.2) is 35.3 Å². The van der Waals surface area contributed by atoms with E-state index in [1.54, 1.807) is 7.05 Å². The van der Waals surface area contributed by atoms with Gasteiger partial charge in [0.05, 0.1) is 0 Å². The fourth-order valence-electron chi connectivity index (χ4n) is 4.55. The first kappa shape index (κ1) is 21.4. The van der Waals surface area contributed by atoms with Crippen LogP contribution in [0.4, 0.5) is 4.79 Å². The number of guanidine groups is 1. The maximum absolute atomic E-state index is 12.6. The summed E-state index contributed by atoms with van der Waals surface area (Å²) in [5.74, 6) is 0.503. The van der Waals surface area contributed by atoms with Gasteiger partial charge >= 0.3 is 6.03 Å². The summed E-state index contributed by atoms with van der Waals surface area (Å²) < 4.78 is 0. The van der Waals surface area contributed by atoms with Crippen LogP contribution < -0.4 is 5.32 Å². The van der Waals surface area contributed by atoms with Crippen molar-refractivity contribution < 1.29 is 9.59 Å². The Morgan fingerprint density at radius 1 is 1.19 bits per heavy atom. The number of imide groups is 1. The molecule has 2 atom stereocenters. The summed E-state index contributed by atoms with van der Waals surface area (Å²) in [7, 11) is 1.69.